The molecule has 16 heavy (non-hydrogen) atoms. The third kappa shape index (κ3) is 7.65. The lowest BCUT2D eigenvalue weighted by molar-refractivity contribution is -0.145. The smallest absolute Gasteiger partial charge is 0.320 e. The summed E-state index contributed by atoms with van der Waals surface area (Å²) in [7, 11) is 0. The van der Waals surface area contributed by atoms with Crippen LogP contribution in [0.5, 0.6) is 0 Å². The SMILES string of the molecule is CCCCOC(=O)CN(CCCO)C(C)C. The van der Waals surface area contributed by atoms with Crippen LogP contribution in [0.1, 0.15) is 40.0 Å². The first-order valence-electron chi connectivity index (χ1n) is 6.12. The summed E-state index contributed by atoms with van der Waals surface area (Å²) in [6.07, 6.45) is 2.65. The van der Waals surface area contributed by atoms with Crippen LogP contribution in [0.2, 0.25) is 0 Å². The summed E-state index contributed by atoms with van der Waals surface area (Å²) in [5, 5.41) is 8.76. The van der Waals surface area contributed by atoms with Gasteiger partial charge >= 0.3 is 5.97 Å². The van der Waals surface area contributed by atoms with Crippen molar-refractivity contribution in [2.24, 2.45) is 0 Å². The molecule has 0 heterocycles. The molecule has 0 bridgehead atoms. The van der Waals surface area contributed by atoms with E-state index in [1.807, 2.05) is 18.7 Å². The van der Waals surface area contributed by atoms with Gasteiger partial charge in [0, 0.05) is 19.2 Å². The summed E-state index contributed by atoms with van der Waals surface area (Å²) in [5.41, 5.74) is 0. The molecule has 4 nitrogen and oxygen atoms in total. The average molecular weight is 231 g/mol. The van der Waals surface area contributed by atoms with E-state index >= 15 is 0 Å². The minimum atomic E-state index is -0.167. The van der Waals surface area contributed by atoms with Crippen molar-refractivity contribution in [3.63, 3.8) is 0 Å². The highest BCUT2D eigenvalue weighted by Crippen LogP contribution is 2.00. The van der Waals surface area contributed by atoms with Crippen LogP contribution in [0, 0.1) is 0 Å². The average Bonchev–Trinajstić information content (AvgIpc) is 2.24. The molecule has 0 fully saturated rings. The Bertz CT molecular complexity index is 183. The van der Waals surface area contributed by atoms with E-state index in [1.165, 1.54) is 0 Å². The van der Waals surface area contributed by atoms with Gasteiger partial charge in [-0.25, -0.2) is 0 Å². The molecule has 0 amide bonds. The molecule has 0 atom stereocenters. The fraction of sp³-hybridized carbons (Fsp3) is 0.917. The zero-order valence-corrected chi connectivity index (χ0v) is 10.7. The molecule has 0 spiro atoms. The van der Waals surface area contributed by atoms with E-state index in [9.17, 15) is 4.79 Å². The number of ether oxygens (including phenoxy) is 1. The number of hydrogen-bond donors (Lipinski definition) is 1. The van der Waals surface area contributed by atoms with Gasteiger partial charge in [0.05, 0.1) is 13.2 Å². The molecule has 1 N–H and O–H groups in total. The number of esters is 1. The van der Waals surface area contributed by atoms with Crippen molar-refractivity contribution in [1.82, 2.24) is 4.90 Å². The predicted molar refractivity (Wildman–Crippen MR) is 64.3 cm³/mol. The molecule has 0 aromatic heterocycles. The molecular formula is C12H25NO3. The molecule has 0 saturated heterocycles. The summed E-state index contributed by atoms with van der Waals surface area (Å²) >= 11 is 0. The molecule has 0 aliphatic heterocycles. The van der Waals surface area contributed by atoms with Crippen LogP contribution >= 0.6 is 0 Å². The molecule has 4 heteroatoms. The predicted octanol–water partition coefficient (Wildman–Crippen LogP) is 1.42. The Balaban J connectivity index is 3.83. The molecule has 0 radical (unpaired) electrons. The summed E-state index contributed by atoms with van der Waals surface area (Å²) in [6.45, 7) is 7.87. The maximum atomic E-state index is 11.5. The van der Waals surface area contributed by atoms with Crippen LogP contribution in [0.15, 0.2) is 0 Å². The van der Waals surface area contributed by atoms with E-state index < -0.39 is 0 Å². The molecule has 0 aromatic carbocycles. The van der Waals surface area contributed by atoms with E-state index in [-0.39, 0.29) is 12.6 Å². The molecule has 0 rings (SSSR count). The maximum absolute atomic E-state index is 11.5. The third-order valence-electron chi connectivity index (χ3n) is 2.43. The summed E-state index contributed by atoms with van der Waals surface area (Å²) in [6, 6.07) is 0.297. The maximum Gasteiger partial charge on any atom is 0.320 e. The third-order valence-corrected chi connectivity index (χ3v) is 2.43. The van der Waals surface area contributed by atoms with E-state index in [1.54, 1.807) is 0 Å². The minimum absolute atomic E-state index is 0.161. The Morgan fingerprint density at radius 2 is 2.06 bits per heavy atom. The van der Waals surface area contributed by atoms with E-state index in [2.05, 4.69) is 6.92 Å². The van der Waals surface area contributed by atoms with Crippen molar-refractivity contribution in [1.29, 1.82) is 0 Å². The quantitative estimate of drug-likeness (QED) is 0.481. The largest absolute Gasteiger partial charge is 0.465 e. The Hall–Kier alpha value is -0.610. The van der Waals surface area contributed by atoms with Gasteiger partial charge < -0.3 is 9.84 Å². The highest BCUT2D eigenvalue weighted by Gasteiger charge is 2.14. The van der Waals surface area contributed by atoms with Gasteiger partial charge in [0.1, 0.15) is 0 Å². The molecule has 0 unspecified atom stereocenters. The Labute approximate surface area is 98.6 Å². The monoisotopic (exact) mass is 231 g/mol. The second kappa shape index (κ2) is 9.60. The zero-order valence-electron chi connectivity index (χ0n) is 10.7. The fourth-order valence-corrected chi connectivity index (χ4v) is 1.34. The summed E-state index contributed by atoms with van der Waals surface area (Å²) in [4.78, 5) is 13.5. The van der Waals surface area contributed by atoms with Gasteiger partial charge in [-0.15, -0.1) is 0 Å². The van der Waals surface area contributed by atoms with Gasteiger partial charge in [0.2, 0.25) is 0 Å². The Morgan fingerprint density at radius 3 is 2.56 bits per heavy atom. The lowest BCUT2D eigenvalue weighted by Gasteiger charge is -2.24. The second-order valence-corrected chi connectivity index (χ2v) is 4.22. The van der Waals surface area contributed by atoms with Crippen molar-refractivity contribution < 1.29 is 14.6 Å². The number of aliphatic hydroxyl groups is 1. The van der Waals surface area contributed by atoms with Crippen molar-refractivity contribution >= 4 is 5.97 Å². The van der Waals surface area contributed by atoms with E-state index in [4.69, 9.17) is 9.84 Å². The Morgan fingerprint density at radius 1 is 1.38 bits per heavy atom. The van der Waals surface area contributed by atoms with Gasteiger partial charge in [-0.2, -0.15) is 0 Å². The first-order chi connectivity index (χ1) is 7.61. The van der Waals surface area contributed by atoms with Crippen LogP contribution in [0.4, 0.5) is 0 Å². The van der Waals surface area contributed by atoms with Gasteiger partial charge in [-0.3, -0.25) is 9.69 Å². The van der Waals surface area contributed by atoms with Crippen LogP contribution < -0.4 is 0 Å². The van der Waals surface area contributed by atoms with Crippen molar-refractivity contribution in [3.05, 3.63) is 0 Å². The van der Waals surface area contributed by atoms with Crippen molar-refractivity contribution in [2.75, 3.05) is 26.3 Å². The van der Waals surface area contributed by atoms with Crippen molar-refractivity contribution in [3.8, 4) is 0 Å². The first kappa shape index (κ1) is 15.4. The van der Waals surface area contributed by atoms with Crippen LogP contribution in [0.25, 0.3) is 0 Å². The number of hydrogen-bond acceptors (Lipinski definition) is 4. The van der Waals surface area contributed by atoms with Gasteiger partial charge in [0.15, 0.2) is 0 Å². The number of nitrogens with zero attached hydrogens (tertiary/aromatic N) is 1. The zero-order chi connectivity index (χ0) is 12.4. The van der Waals surface area contributed by atoms with Gasteiger partial charge in [0.25, 0.3) is 0 Å². The molecular weight excluding hydrogens is 206 g/mol. The fourth-order valence-electron chi connectivity index (χ4n) is 1.34. The molecule has 0 aliphatic rings. The number of aliphatic hydroxyl groups excluding tert-OH is 1. The number of carbonyl (C=O) groups excluding carboxylic acids is 1. The highest BCUT2D eigenvalue weighted by molar-refractivity contribution is 5.71. The second-order valence-electron chi connectivity index (χ2n) is 4.22. The van der Waals surface area contributed by atoms with Gasteiger partial charge in [-0.05, 0) is 26.7 Å². The highest BCUT2D eigenvalue weighted by atomic mass is 16.5. The number of carbonyl (C=O) groups is 1. The van der Waals surface area contributed by atoms with Crippen LogP contribution in [-0.2, 0) is 9.53 Å². The van der Waals surface area contributed by atoms with Gasteiger partial charge in [-0.1, -0.05) is 13.3 Å². The molecule has 0 aliphatic carbocycles. The number of unbranched alkanes of at least 4 members (excludes halogenated alkanes) is 1. The van der Waals surface area contributed by atoms with Crippen LogP contribution in [0.3, 0.4) is 0 Å². The standard InChI is InChI=1S/C12H25NO3/c1-4-5-9-16-12(15)10-13(11(2)3)7-6-8-14/h11,14H,4-10H2,1-3H3. The topological polar surface area (TPSA) is 49.8 Å². The normalized spacial score (nSPS) is 11.1. The van der Waals surface area contributed by atoms with Crippen LogP contribution in [-0.4, -0.2) is 48.3 Å². The summed E-state index contributed by atoms with van der Waals surface area (Å²) in [5.74, 6) is -0.167. The first-order valence-corrected chi connectivity index (χ1v) is 6.12. The lowest BCUT2D eigenvalue weighted by atomic mass is 10.3. The van der Waals surface area contributed by atoms with E-state index in [0.717, 1.165) is 19.4 Å². The lowest BCUT2D eigenvalue weighted by Crippen LogP contribution is -2.37. The van der Waals surface area contributed by atoms with Crippen molar-refractivity contribution in [2.45, 2.75) is 46.1 Å². The summed E-state index contributed by atoms with van der Waals surface area (Å²) < 4.78 is 5.10. The Kier molecular flexibility index (Phi) is 9.24. The van der Waals surface area contributed by atoms with E-state index in [0.29, 0.717) is 25.6 Å². The molecule has 0 saturated carbocycles. The number of rotatable bonds is 9. The molecule has 0 aromatic rings. The molecule has 96 valence electrons. The minimum Gasteiger partial charge on any atom is -0.465 e.